The van der Waals surface area contributed by atoms with Crippen molar-refractivity contribution >= 4 is 11.9 Å². The van der Waals surface area contributed by atoms with Crippen molar-refractivity contribution in [3.8, 4) is 0 Å². The molecule has 1 saturated heterocycles. The summed E-state index contributed by atoms with van der Waals surface area (Å²) in [5.74, 6) is -1.23. The van der Waals surface area contributed by atoms with Crippen LogP contribution in [0.15, 0.2) is 0 Å². The number of ether oxygens (including phenoxy) is 1. The van der Waals surface area contributed by atoms with Crippen LogP contribution in [-0.4, -0.2) is 47.7 Å². The van der Waals surface area contributed by atoms with E-state index in [9.17, 15) is 9.59 Å². The minimum absolute atomic E-state index is 0.0922. The van der Waals surface area contributed by atoms with Crippen molar-refractivity contribution in [1.82, 2.24) is 4.90 Å². The highest BCUT2D eigenvalue weighted by Gasteiger charge is 2.30. The Balaban J connectivity index is 2.67. The summed E-state index contributed by atoms with van der Waals surface area (Å²) >= 11 is 0. The zero-order chi connectivity index (χ0) is 9.14. The Kier molecular flexibility index (Phi) is 2.65. The molecule has 0 aromatic carbocycles. The summed E-state index contributed by atoms with van der Waals surface area (Å²) in [6.07, 6.45) is 0. The molecule has 0 aromatic heterocycles. The average Bonchev–Trinajstić information content (AvgIpc) is 2.04. The van der Waals surface area contributed by atoms with Gasteiger partial charge in [-0.3, -0.25) is 4.79 Å². The van der Waals surface area contributed by atoms with E-state index in [1.54, 1.807) is 0 Å². The third-order valence-corrected chi connectivity index (χ3v) is 1.82. The molecule has 5 heteroatoms. The fourth-order valence-corrected chi connectivity index (χ4v) is 1.19. The monoisotopic (exact) mass is 173 g/mol. The minimum Gasteiger partial charge on any atom is -0.480 e. The van der Waals surface area contributed by atoms with Crippen LogP contribution >= 0.6 is 0 Å². The molecule has 1 heterocycles. The second-order valence-corrected chi connectivity index (χ2v) is 2.64. The van der Waals surface area contributed by atoms with Crippen LogP contribution in [0.1, 0.15) is 6.92 Å². The molecule has 1 N–H and O–H groups in total. The third-order valence-electron chi connectivity index (χ3n) is 1.82. The maximum absolute atomic E-state index is 10.9. The highest BCUT2D eigenvalue weighted by atomic mass is 16.5. The Hall–Kier alpha value is -1.10. The third kappa shape index (κ3) is 1.73. The molecule has 1 fully saturated rings. The van der Waals surface area contributed by atoms with Crippen molar-refractivity contribution in [3.05, 3.63) is 0 Å². The van der Waals surface area contributed by atoms with Gasteiger partial charge in [-0.25, -0.2) is 4.79 Å². The lowest BCUT2D eigenvalue weighted by Crippen LogP contribution is -2.51. The summed E-state index contributed by atoms with van der Waals surface area (Å²) in [5.41, 5.74) is 0. The maximum Gasteiger partial charge on any atom is 0.328 e. The number of hydrogen-bond acceptors (Lipinski definition) is 3. The number of carbonyl (C=O) groups excluding carboxylic acids is 1. The topological polar surface area (TPSA) is 66.8 Å². The van der Waals surface area contributed by atoms with E-state index in [1.165, 1.54) is 11.8 Å². The van der Waals surface area contributed by atoms with Gasteiger partial charge >= 0.3 is 5.97 Å². The standard InChI is InChI=1S/C7H11NO4/c1-5(9)8-2-3-12-4-6(8)7(10)11/h6H,2-4H2,1H3,(H,10,11). The molecule has 0 spiro atoms. The predicted octanol–water partition coefficient (Wildman–Crippen LogP) is -0.682. The molecular weight excluding hydrogens is 162 g/mol. The molecule has 1 unspecified atom stereocenters. The highest BCUT2D eigenvalue weighted by molar-refractivity contribution is 5.82. The predicted molar refractivity (Wildman–Crippen MR) is 39.6 cm³/mol. The summed E-state index contributed by atoms with van der Waals surface area (Å²) in [4.78, 5) is 22.8. The van der Waals surface area contributed by atoms with Gasteiger partial charge in [0.2, 0.25) is 5.91 Å². The van der Waals surface area contributed by atoms with Crippen LogP contribution in [0, 0.1) is 0 Å². The van der Waals surface area contributed by atoms with Gasteiger partial charge in [0.25, 0.3) is 0 Å². The molecule has 1 rings (SSSR count). The van der Waals surface area contributed by atoms with Gasteiger partial charge in [-0.1, -0.05) is 0 Å². The Bertz CT molecular complexity index is 182. The fraction of sp³-hybridized carbons (Fsp3) is 0.714. The van der Waals surface area contributed by atoms with Crippen LogP contribution in [0.25, 0.3) is 0 Å². The van der Waals surface area contributed by atoms with Crippen LogP contribution in [-0.2, 0) is 14.3 Å². The second-order valence-electron chi connectivity index (χ2n) is 2.64. The van der Waals surface area contributed by atoms with Crippen LogP contribution in [0.4, 0.5) is 0 Å². The number of aliphatic carboxylic acids is 1. The number of rotatable bonds is 1. The van der Waals surface area contributed by atoms with Gasteiger partial charge in [0.1, 0.15) is 0 Å². The molecule has 0 bridgehead atoms. The van der Waals surface area contributed by atoms with Crippen molar-refractivity contribution in [2.24, 2.45) is 0 Å². The number of nitrogens with zero attached hydrogens (tertiary/aromatic N) is 1. The number of morpholine rings is 1. The van der Waals surface area contributed by atoms with E-state index in [2.05, 4.69) is 0 Å². The van der Waals surface area contributed by atoms with E-state index in [0.717, 1.165) is 0 Å². The first-order valence-corrected chi connectivity index (χ1v) is 3.70. The molecule has 12 heavy (non-hydrogen) atoms. The van der Waals surface area contributed by atoms with Crippen molar-refractivity contribution in [3.63, 3.8) is 0 Å². The smallest absolute Gasteiger partial charge is 0.328 e. The highest BCUT2D eigenvalue weighted by Crippen LogP contribution is 2.06. The molecule has 1 atom stereocenters. The quantitative estimate of drug-likeness (QED) is 0.570. The lowest BCUT2D eigenvalue weighted by molar-refractivity contribution is -0.157. The van der Waals surface area contributed by atoms with Gasteiger partial charge < -0.3 is 14.7 Å². The zero-order valence-corrected chi connectivity index (χ0v) is 6.82. The Morgan fingerprint density at radius 1 is 1.58 bits per heavy atom. The number of carboxylic acid groups (broad SMARTS) is 1. The van der Waals surface area contributed by atoms with Gasteiger partial charge in [-0.15, -0.1) is 0 Å². The molecular formula is C7H11NO4. The lowest BCUT2D eigenvalue weighted by Gasteiger charge is -2.31. The van der Waals surface area contributed by atoms with Crippen molar-refractivity contribution in [1.29, 1.82) is 0 Å². The van der Waals surface area contributed by atoms with Crippen molar-refractivity contribution < 1.29 is 19.4 Å². The molecule has 1 aliphatic heterocycles. The summed E-state index contributed by atoms with van der Waals surface area (Å²) < 4.78 is 4.95. The average molecular weight is 173 g/mol. The van der Waals surface area contributed by atoms with E-state index in [1.807, 2.05) is 0 Å². The molecule has 68 valence electrons. The van der Waals surface area contributed by atoms with Gasteiger partial charge in [-0.2, -0.15) is 0 Å². The minimum atomic E-state index is -1.01. The summed E-state index contributed by atoms with van der Waals surface area (Å²) in [5, 5.41) is 8.68. The van der Waals surface area contributed by atoms with E-state index in [-0.39, 0.29) is 12.5 Å². The Labute approximate surface area is 69.9 Å². The largest absolute Gasteiger partial charge is 0.480 e. The number of hydrogen-bond donors (Lipinski definition) is 1. The van der Waals surface area contributed by atoms with Gasteiger partial charge in [0.05, 0.1) is 13.2 Å². The first-order chi connectivity index (χ1) is 5.63. The summed E-state index contributed by atoms with van der Waals surface area (Å²) in [6.45, 7) is 2.24. The van der Waals surface area contributed by atoms with Gasteiger partial charge in [0, 0.05) is 13.5 Å². The van der Waals surface area contributed by atoms with E-state index in [0.29, 0.717) is 13.2 Å². The van der Waals surface area contributed by atoms with Crippen LogP contribution < -0.4 is 0 Å². The number of carboxylic acids is 1. The van der Waals surface area contributed by atoms with Crippen LogP contribution in [0.5, 0.6) is 0 Å². The van der Waals surface area contributed by atoms with Crippen LogP contribution in [0.3, 0.4) is 0 Å². The molecule has 0 saturated carbocycles. The summed E-state index contributed by atoms with van der Waals surface area (Å²) in [7, 11) is 0. The van der Waals surface area contributed by atoms with E-state index in [4.69, 9.17) is 9.84 Å². The van der Waals surface area contributed by atoms with Crippen molar-refractivity contribution in [2.75, 3.05) is 19.8 Å². The fourth-order valence-electron chi connectivity index (χ4n) is 1.19. The number of carbonyl (C=O) groups is 2. The first kappa shape index (κ1) is 8.99. The molecule has 1 amide bonds. The SMILES string of the molecule is CC(=O)N1CCOCC1C(=O)O. The van der Waals surface area contributed by atoms with Gasteiger partial charge in [-0.05, 0) is 0 Å². The Morgan fingerprint density at radius 3 is 2.67 bits per heavy atom. The maximum atomic E-state index is 10.9. The van der Waals surface area contributed by atoms with E-state index < -0.39 is 12.0 Å². The van der Waals surface area contributed by atoms with Crippen LogP contribution in [0.2, 0.25) is 0 Å². The molecule has 1 aliphatic rings. The second kappa shape index (κ2) is 3.53. The first-order valence-electron chi connectivity index (χ1n) is 3.70. The molecule has 0 aliphatic carbocycles. The van der Waals surface area contributed by atoms with E-state index >= 15 is 0 Å². The Morgan fingerprint density at radius 2 is 2.25 bits per heavy atom. The van der Waals surface area contributed by atoms with Crippen molar-refractivity contribution in [2.45, 2.75) is 13.0 Å². The molecule has 0 radical (unpaired) electrons. The molecule has 0 aromatic rings. The summed E-state index contributed by atoms with van der Waals surface area (Å²) in [6, 6.07) is -0.809. The zero-order valence-electron chi connectivity index (χ0n) is 6.82. The number of amides is 1. The molecule has 5 nitrogen and oxygen atoms in total. The van der Waals surface area contributed by atoms with Gasteiger partial charge in [0.15, 0.2) is 6.04 Å². The normalized spacial score (nSPS) is 23.8. The lowest BCUT2D eigenvalue weighted by atomic mass is 10.2.